The zero-order valence-corrected chi connectivity index (χ0v) is 10.6. The summed E-state index contributed by atoms with van der Waals surface area (Å²) in [7, 11) is 0. The van der Waals surface area contributed by atoms with E-state index in [4.69, 9.17) is 15.2 Å². The third kappa shape index (κ3) is 2.97. The monoisotopic (exact) mass is 242 g/mol. The number of nitrogens with two attached hydrogens (primary N) is 1. The van der Waals surface area contributed by atoms with Crippen LogP contribution in [0.2, 0.25) is 0 Å². The number of morpholine rings is 1. The predicted molar refractivity (Wildman–Crippen MR) is 63.5 cm³/mol. The van der Waals surface area contributed by atoms with Gasteiger partial charge in [-0.15, -0.1) is 0 Å². The summed E-state index contributed by atoms with van der Waals surface area (Å²) in [5.41, 5.74) is 5.81. The molecular formula is C12H22N2O3. The Bertz CT molecular complexity index is 283. The lowest BCUT2D eigenvalue weighted by molar-refractivity contribution is -0.150. The summed E-state index contributed by atoms with van der Waals surface area (Å²) >= 11 is 0. The number of carbonyl (C=O) groups is 1. The molecule has 4 atom stereocenters. The maximum atomic E-state index is 12.2. The van der Waals surface area contributed by atoms with Crippen LogP contribution in [-0.4, -0.2) is 54.9 Å². The lowest BCUT2D eigenvalue weighted by atomic mass is 10.1. The number of ether oxygens (including phenoxy) is 2. The fourth-order valence-electron chi connectivity index (χ4n) is 2.38. The lowest BCUT2D eigenvalue weighted by Crippen LogP contribution is -2.53. The van der Waals surface area contributed by atoms with Gasteiger partial charge in [0.1, 0.15) is 6.10 Å². The molecule has 5 heteroatoms. The Morgan fingerprint density at radius 2 is 2.24 bits per heavy atom. The molecule has 1 amide bonds. The molecule has 2 N–H and O–H groups in total. The van der Waals surface area contributed by atoms with E-state index in [2.05, 4.69) is 0 Å². The molecule has 5 nitrogen and oxygen atoms in total. The van der Waals surface area contributed by atoms with Crippen molar-refractivity contribution in [2.75, 3.05) is 19.7 Å². The van der Waals surface area contributed by atoms with Crippen LogP contribution in [0.4, 0.5) is 0 Å². The second-order valence-electron chi connectivity index (χ2n) is 5.07. The first kappa shape index (κ1) is 12.8. The third-order valence-electron chi connectivity index (χ3n) is 3.50. The van der Waals surface area contributed by atoms with E-state index in [1.54, 1.807) is 0 Å². The highest BCUT2D eigenvalue weighted by atomic mass is 16.5. The summed E-state index contributed by atoms with van der Waals surface area (Å²) in [4.78, 5) is 14.1. The molecule has 0 saturated carbocycles. The highest BCUT2D eigenvalue weighted by molar-refractivity contribution is 5.81. The minimum Gasteiger partial charge on any atom is -0.373 e. The molecule has 0 aliphatic carbocycles. The summed E-state index contributed by atoms with van der Waals surface area (Å²) in [5, 5.41) is 0. The molecular weight excluding hydrogens is 220 g/mol. The van der Waals surface area contributed by atoms with E-state index >= 15 is 0 Å². The average Bonchev–Trinajstić information content (AvgIpc) is 2.75. The van der Waals surface area contributed by atoms with E-state index < -0.39 is 0 Å². The van der Waals surface area contributed by atoms with Crippen LogP contribution < -0.4 is 5.73 Å². The number of amides is 1. The Balaban J connectivity index is 1.90. The summed E-state index contributed by atoms with van der Waals surface area (Å²) in [6.07, 6.45) is 1.70. The van der Waals surface area contributed by atoms with Crippen LogP contribution in [0.5, 0.6) is 0 Å². The molecule has 0 aromatic heterocycles. The molecule has 0 bridgehead atoms. The quantitative estimate of drug-likeness (QED) is 0.747. The largest absolute Gasteiger partial charge is 0.373 e. The van der Waals surface area contributed by atoms with Crippen LogP contribution in [0, 0.1) is 0 Å². The van der Waals surface area contributed by atoms with Gasteiger partial charge >= 0.3 is 0 Å². The van der Waals surface area contributed by atoms with Crippen molar-refractivity contribution < 1.29 is 14.3 Å². The summed E-state index contributed by atoms with van der Waals surface area (Å²) in [6, 6.07) is -0.0472. The smallest absolute Gasteiger partial charge is 0.251 e. The minimum absolute atomic E-state index is 0.0472. The van der Waals surface area contributed by atoms with E-state index in [9.17, 15) is 4.79 Å². The molecule has 17 heavy (non-hydrogen) atoms. The molecule has 2 fully saturated rings. The zero-order valence-electron chi connectivity index (χ0n) is 10.6. The highest BCUT2D eigenvalue weighted by Crippen LogP contribution is 2.22. The molecule has 2 saturated heterocycles. The van der Waals surface area contributed by atoms with E-state index in [1.807, 2.05) is 18.7 Å². The summed E-state index contributed by atoms with van der Waals surface area (Å²) in [5.74, 6) is 0.100. The van der Waals surface area contributed by atoms with E-state index in [1.165, 1.54) is 0 Å². The summed E-state index contributed by atoms with van der Waals surface area (Å²) in [6.45, 7) is 5.73. The normalized spacial score (nSPS) is 35.9. The van der Waals surface area contributed by atoms with Crippen LogP contribution in [0.25, 0.3) is 0 Å². The summed E-state index contributed by atoms with van der Waals surface area (Å²) < 4.78 is 11.2. The molecule has 2 heterocycles. The second kappa shape index (κ2) is 5.33. The third-order valence-corrected chi connectivity index (χ3v) is 3.50. The fraction of sp³-hybridized carbons (Fsp3) is 0.917. The van der Waals surface area contributed by atoms with Crippen LogP contribution in [-0.2, 0) is 14.3 Å². The van der Waals surface area contributed by atoms with Crippen molar-refractivity contribution >= 4 is 5.91 Å². The SMILES string of the molecule is CC1CCC(C(=O)N2CCOC(C(C)N)C2)O1. The van der Waals surface area contributed by atoms with Gasteiger partial charge in [-0.05, 0) is 26.7 Å². The average molecular weight is 242 g/mol. The molecule has 2 rings (SSSR count). The first-order chi connectivity index (χ1) is 8.08. The maximum Gasteiger partial charge on any atom is 0.251 e. The molecule has 0 radical (unpaired) electrons. The van der Waals surface area contributed by atoms with Gasteiger partial charge in [0.2, 0.25) is 0 Å². The zero-order chi connectivity index (χ0) is 12.4. The molecule has 4 unspecified atom stereocenters. The Morgan fingerprint density at radius 3 is 2.82 bits per heavy atom. The second-order valence-corrected chi connectivity index (χ2v) is 5.07. The van der Waals surface area contributed by atoms with Crippen LogP contribution in [0.15, 0.2) is 0 Å². The van der Waals surface area contributed by atoms with Crippen molar-refractivity contribution in [1.82, 2.24) is 4.90 Å². The fourth-order valence-corrected chi connectivity index (χ4v) is 2.38. The number of hydrogen-bond donors (Lipinski definition) is 1. The van der Waals surface area contributed by atoms with Crippen LogP contribution >= 0.6 is 0 Å². The number of carbonyl (C=O) groups excluding carboxylic acids is 1. The van der Waals surface area contributed by atoms with Gasteiger partial charge < -0.3 is 20.1 Å². The minimum atomic E-state index is -0.253. The van der Waals surface area contributed by atoms with Gasteiger partial charge in [0.05, 0.1) is 18.8 Å². The van der Waals surface area contributed by atoms with E-state index in [0.717, 1.165) is 12.8 Å². The lowest BCUT2D eigenvalue weighted by Gasteiger charge is -2.35. The van der Waals surface area contributed by atoms with Crippen molar-refractivity contribution in [2.45, 2.75) is 51.0 Å². The molecule has 98 valence electrons. The highest BCUT2D eigenvalue weighted by Gasteiger charge is 2.34. The number of nitrogens with zero attached hydrogens (tertiary/aromatic N) is 1. The Hall–Kier alpha value is -0.650. The van der Waals surface area contributed by atoms with Crippen LogP contribution in [0.3, 0.4) is 0 Å². The van der Waals surface area contributed by atoms with Gasteiger partial charge in [0, 0.05) is 19.1 Å². The van der Waals surface area contributed by atoms with Crippen molar-refractivity contribution in [1.29, 1.82) is 0 Å². The Kier molecular flexibility index (Phi) is 4.01. The van der Waals surface area contributed by atoms with Gasteiger partial charge in [-0.1, -0.05) is 0 Å². The van der Waals surface area contributed by atoms with Crippen molar-refractivity contribution in [3.8, 4) is 0 Å². The van der Waals surface area contributed by atoms with Crippen molar-refractivity contribution in [3.05, 3.63) is 0 Å². The molecule has 0 spiro atoms. The predicted octanol–water partition coefficient (Wildman–Crippen LogP) is 0.129. The molecule has 2 aliphatic heterocycles. The topological polar surface area (TPSA) is 64.8 Å². The first-order valence-electron chi connectivity index (χ1n) is 6.39. The van der Waals surface area contributed by atoms with Crippen molar-refractivity contribution in [2.24, 2.45) is 5.73 Å². The van der Waals surface area contributed by atoms with E-state index in [-0.39, 0.29) is 30.3 Å². The maximum absolute atomic E-state index is 12.2. The number of rotatable bonds is 2. The Labute approximate surface area is 102 Å². The molecule has 0 aromatic rings. The van der Waals surface area contributed by atoms with Crippen molar-refractivity contribution in [3.63, 3.8) is 0 Å². The molecule has 2 aliphatic rings. The van der Waals surface area contributed by atoms with Gasteiger partial charge in [-0.3, -0.25) is 4.79 Å². The van der Waals surface area contributed by atoms with E-state index in [0.29, 0.717) is 19.7 Å². The number of hydrogen-bond acceptors (Lipinski definition) is 4. The standard InChI is InChI=1S/C12H22N2O3/c1-8-3-4-10(17-8)12(15)14-5-6-16-11(7-14)9(2)13/h8-11H,3-7,13H2,1-2H3. The molecule has 0 aromatic carbocycles. The first-order valence-corrected chi connectivity index (χ1v) is 6.39. The Morgan fingerprint density at radius 1 is 1.47 bits per heavy atom. The van der Waals surface area contributed by atoms with Gasteiger partial charge in [-0.2, -0.15) is 0 Å². The van der Waals surface area contributed by atoms with Gasteiger partial charge in [0.25, 0.3) is 5.91 Å². The van der Waals surface area contributed by atoms with Crippen LogP contribution in [0.1, 0.15) is 26.7 Å². The van der Waals surface area contributed by atoms with Gasteiger partial charge in [-0.25, -0.2) is 0 Å². The van der Waals surface area contributed by atoms with Gasteiger partial charge in [0.15, 0.2) is 0 Å².